The molecule has 0 fully saturated rings. The van der Waals surface area contributed by atoms with Crippen molar-refractivity contribution in [2.24, 2.45) is 0 Å². The van der Waals surface area contributed by atoms with Gasteiger partial charge < -0.3 is 18.5 Å². The smallest absolute Gasteiger partial charge is 0.365 e. The number of rotatable bonds is 10. The van der Waals surface area contributed by atoms with Crippen LogP contribution in [0, 0.1) is 0 Å². The molecule has 0 saturated carbocycles. The van der Waals surface area contributed by atoms with E-state index in [1.54, 1.807) is 33.8 Å². The van der Waals surface area contributed by atoms with E-state index in [1.165, 1.54) is 19.9 Å². The third-order valence-electron chi connectivity index (χ3n) is 4.59. The predicted molar refractivity (Wildman–Crippen MR) is 134 cm³/mol. The van der Waals surface area contributed by atoms with Gasteiger partial charge in [0.15, 0.2) is 5.75 Å². The second-order valence-corrected chi connectivity index (χ2v) is 10.5. The van der Waals surface area contributed by atoms with Gasteiger partial charge >= 0.3 is 19.5 Å². The molecule has 0 aliphatic rings. The summed E-state index contributed by atoms with van der Waals surface area (Å²) >= 11 is 0. The Hall–Kier alpha value is -2.73. The average molecular weight is 489 g/mol. The van der Waals surface area contributed by atoms with E-state index in [1.807, 2.05) is 19.1 Å². The van der Waals surface area contributed by atoms with Gasteiger partial charge in [-0.1, -0.05) is 32.2 Å². The molecule has 0 radical (unpaired) electrons. The van der Waals surface area contributed by atoms with E-state index in [2.05, 4.69) is 13.2 Å². The molecule has 0 bridgehead atoms. The van der Waals surface area contributed by atoms with Crippen molar-refractivity contribution in [1.82, 2.24) is 0 Å². The normalized spacial score (nSPS) is 11.7. The molecule has 0 aliphatic heterocycles. The van der Waals surface area contributed by atoms with Gasteiger partial charge in [-0.2, -0.15) is 0 Å². The molecule has 0 N–H and O–H groups in total. The number of benzene rings is 2. The Balaban J connectivity index is 2.99. The van der Waals surface area contributed by atoms with Crippen LogP contribution >= 0.6 is 7.60 Å². The Morgan fingerprint density at radius 1 is 0.882 bits per heavy atom. The summed E-state index contributed by atoms with van der Waals surface area (Å²) in [5.74, 6) is -1.21. The molecule has 8 heteroatoms. The molecular weight excluding hydrogens is 455 g/mol. The molecular formula is C26H33O7P. The fourth-order valence-corrected chi connectivity index (χ4v) is 5.15. The third-order valence-corrected chi connectivity index (χ3v) is 6.91. The van der Waals surface area contributed by atoms with Crippen LogP contribution in [0.15, 0.2) is 48.6 Å². The summed E-state index contributed by atoms with van der Waals surface area (Å²) in [6.07, 6.45) is -0.236. The van der Waals surface area contributed by atoms with Crippen molar-refractivity contribution >= 4 is 35.6 Å². The highest BCUT2D eigenvalue weighted by molar-refractivity contribution is 7.62. The minimum absolute atomic E-state index is 0.00501. The van der Waals surface area contributed by atoms with Crippen LogP contribution in [0.1, 0.15) is 54.0 Å². The quantitative estimate of drug-likeness (QED) is 0.175. The summed E-state index contributed by atoms with van der Waals surface area (Å²) in [5, 5.41) is 0.891. The first-order valence-electron chi connectivity index (χ1n) is 11.1. The molecule has 0 aliphatic carbocycles. The zero-order valence-electron chi connectivity index (χ0n) is 20.9. The second kappa shape index (κ2) is 11.1. The van der Waals surface area contributed by atoms with Crippen LogP contribution in [0.5, 0.6) is 11.5 Å². The molecule has 34 heavy (non-hydrogen) atoms. The van der Waals surface area contributed by atoms with E-state index in [0.29, 0.717) is 10.8 Å². The number of carbonyl (C=O) groups excluding carboxylic acids is 2. The van der Waals surface area contributed by atoms with Crippen LogP contribution in [-0.4, -0.2) is 24.1 Å². The lowest BCUT2D eigenvalue weighted by molar-refractivity contribution is -0.131. The van der Waals surface area contributed by atoms with Gasteiger partial charge in [0.05, 0.1) is 12.2 Å². The Morgan fingerprint density at radius 2 is 1.41 bits per heavy atom. The molecule has 2 aromatic carbocycles. The van der Waals surface area contributed by atoms with Crippen LogP contribution in [0.25, 0.3) is 10.8 Å². The minimum Gasteiger partial charge on any atom is -0.422 e. The van der Waals surface area contributed by atoms with E-state index in [4.69, 9.17) is 18.5 Å². The molecule has 0 heterocycles. The summed E-state index contributed by atoms with van der Waals surface area (Å²) in [4.78, 5) is 25.0. The maximum Gasteiger partial charge on any atom is 0.365 e. The number of aryl methyl sites for hydroxylation is 1. The molecule has 0 saturated heterocycles. The first-order valence-corrected chi connectivity index (χ1v) is 12.7. The summed E-state index contributed by atoms with van der Waals surface area (Å²) in [5.41, 5.74) is 1.32. The lowest BCUT2D eigenvalue weighted by Gasteiger charge is -2.26. The van der Waals surface area contributed by atoms with Gasteiger partial charge in [0.2, 0.25) is 0 Å². The summed E-state index contributed by atoms with van der Waals surface area (Å²) in [7, 11) is -4.05. The Morgan fingerprint density at radius 3 is 1.88 bits per heavy atom. The number of fused-ring (bicyclic) bond motifs is 1. The lowest BCUT2D eigenvalue weighted by Crippen LogP contribution is -2.22. The first kappa shape index (κ1) is 27.5. The number of carbonyl (C=O) groups is 2. The molecule has 0 aromatic heterocycles. The Bertz CT molecular complexity index is 1160. The molecule has 2 aromatic rings. The van der Waals surface area contributed by atoms with E-state index in [-0.39, 0.29) is 27.9 Å². The van der Waals surface area contributed by atoms with Gasteiger partial charge in [-0.15, -0.1) is 0 Å². The number of esters is 2. The van der Waals surface area contributed by atoms with Crippen molar-refractivity contribution in [2.75, 3.05) is 0 Å². The highest BCUT2D eigenvalue weighted by Crippen LogP contribution is 2.54. The largest absolute Gasteiger partial charge is 0.422 e. The molecule has 0 amide bonds. The predicted octanol–water partition coefficient (Wildman–Crippen LogP) is 6.03. The van der Waals surface area contributed by atoms with Gasteiger partial charge in [0.25, 0.3) is 0 Å². The maximum absolute atomic E-state index is 14.1. The monoisotopic (exact) mass is 488 g/mol. The van der Waals surface area contributed by atoms with E-state index in [9.17, 15) is 14.2 Å². The second-order valence-electron chi connectivity index (χ2n) is 8.60. The van der Waals surface area contributed by atoms with Crippen molar-refractivity contribution in [3.8, 4) is 11.5 Å². The molecule has 0 unspecified atom stereocenters. The minimum atomic E-state index is -4.05. The molecule has 0 spiro atoms. The maximum atomic E-state index is 14.1. The van der Waals surface area contributed by atoms with Crippen LogP contribution in [0.2, 0.25) is 0 Å². The summed E-state index contributed by atoms with van der Waals surface area (Å²) < 4.78 is 37.0. The van der Waals surface area contributed by atoms with Crippen molar-refractivity contribution in [1.29, 1.82) is 0 Å². The summed E-state index contributed by atoms with van der Waals surface area (Å²) in [6.45, 7) is 19.2. The third kappa shape index (κ3) is 6.44. The van der Waals surface area contributed by atoms with Crippen molar-refractivity contribution < 1.29 is 32.7 Å². The van der Waals surface area contributed by atoms with E-state index < -0.39 is 31.7 Å². The van der Waals surface area contributed by atoms with Crippen molar-refractivity contribution in [2.45, 2.75) is 67.1 Å². The molecule has 7 nitrogen and oxygen atoms in total. The zero-order chi connectivity index (χ0) is 25.8. The highest BCUT2D eigenvalue weighted by atomic mass is 31.2. The van der Waals surface area contributed by atoms with Gasteiger partial charge in [-0.3, -0.25) is 4.57 Å². The molecule has 0 atom stereocenters. The molecule has 2 rings (SSSR count). The topological polar surface area (TPSA) is 88.1 Å². The zero-order valence-corrected chi connectivity index (χ0v) is 21.8. The lowest BCUT2D eigenvalue weighted by atomic mass is 10.0. The number of hydrogen-bond acceptors (Lipinski definition) is 7. The average Bonchev–Trinajstić information content (AvgIpc) is 2.72. The van der Waals surface area contributed by atoms with Crippen molar-refractivity contribution in [3.63, 3.8) is 0 Å². The Kier molecular flexibility index (Phi) is 9.01. The standard InChI is InChI=1S/C26H33O7P/c1-10-19-11-12-20-21(13-19)22(30-25(27)15(2)3)14-23(24(20)31-26(28)16(4)5)34(29,32-17(6)7)33-18(8)9/h11-14,17-18H,2,4,10H2,1,3,5-9H3. The van der Waals surface area contributed by atoms with Gasteiger partial charge in [-0.05, 0) is 59.6 Å². The van der Waals surface area contributed by atoms with Crippen LogP contribution in [0.4, 0.5) is 0 Å². The number of hydrogen-bond donors (Lipinski definition) is 0. The fraction of sp³-hybridized carbons (Fsp3) is 0.385. The SMILES string of the molecule is C=C(C)C(=O)Oc1cc(P(=O)(OC(C)C)OC(C)C)c(OC(=O)C(=C)C)c2ccc(CC)cc12. The molecule has 184 valence electrons. The number of ether oxygens (including phenoxy) is 2. The van der Waals surface area contributed by atoms with Gasteiger partial charge in [0.1, 0.15) is 11.1 Å². The fourth-order valence-electron chi connectivity index (χ4n) is 3.07. The van der Waals surface area contributed by atoms with Gasteiger partial charge in [0, 0.05) is 28.0 Å². The Labute approximate surface area is 201 Å². The van der Waals surface area contributed by atoms with E-state index in [0.717, 1.165) is 12.0 Å². The summed E-state index contributed by atoms with van der Waals surface area (Å²) in [6, 6.07) is 6.79. The van der Waals surface area contributed by atoms with Gasteiger partial charge in [-0.25, -0.2) is 9.59 Å². The highest BCUT2D eigenvalue weighted by Gasteiger charge is 2.37. The first-order chi connectivity index (χ1) is 15.8. The van der Waals surface area contributed by atoms with E-state index >= 15 is 0 Å². The van der Waals surface area contributed by atoms with Crippen LogP contribution in [-0.2, 0) is 29.6 Å². The van der Waals surface area contributed by atoms with Crippen molar-refractivity contribution in [3.05, 3.63) is 54.1 Å². The van der Waals surface area contributed by atoms with Crippen LogP contribution in [0.3, 0.4) is 0 Å². The van der Waals surface area contributed by atoms with Crippen LogP contribution < -0.4 is 14.8 Å².